The Morgan fingerprint density at radius 1 is 0.704 bits per heavy atom. The Hall–Kier alpha value is -3.50. The molecule has 0 amide bonds. The molecule has 1 nitrogen and oxygen atoms in total. The molecule has 0 aromatic heterocycles. The summed E-state index contributed by atoms with van der Waals surface area (Å²) >= 11 is 0. The lowest BCUT2D eigenvalue weighted by Crippen LogP contribution is -1.90. The van der Waals surface area contributed by atoms with Crippen molar-refractivity contribution >= 4 is 10.8 Å². The van der Waals surface area contributed by atoms with E-state index < -0.39 is 0 Å². The zero-order chi connectivity index (χ0) is 18.6. The fraction of sp³-hybridized carbons (Fsp3) is 0.0769. The number of fused-ring (bicyclic) bond motifs is 1. The summed E-state index contributed by atoms with van der Waals surface area (Å²) in [5.74, 6) is 7.51. The van der Waals surface area contributed by atoms with Gasteiger partial charge in [0.15, 0.2) is 0 Å². The number of hydrogen-bond donors (Lipinski definition) is 0. The van der Waals surface area contributed by atoms with E-state index in [0.717, 1.165) is 16.9 Å². The van der Waals surface area contributed by atoms with Crippen molar-refractivity contribution in [3.63, 3.8) is 0 Å². The maximum Gasteiger partial charge on any atom is 0.118 e. The van der Waals surface area contributed by atoms with Gasteiger partial charge in [0.1, 0.15) is 5.75 Å². The lowest BCUT2D eigenvalue weighted by Gasteiger charge is -2.12. The molecule has 4 aromatic carbocycles. The van der Waals surface area contributed by atoms with Crippen molar-refractivity contribution < 1.29 is 4.74 Å². The summed E-state index contributed by atoms with van der Waals surface area (Å²) in [6.45, 7) is 2.15. The van der Waals surface area contributed by atoms with Crippen molar-refractivity contribution in [3.8, 4) is 28.7 Å². The van der Waals surface area contributed by atoms with E-state index >= 15 is 0 Å². The van der Waals surface area contributed by atoms with Crippen LogP contribution in [-0.4, -0.2) is 7.11 Å². The first-order valence-electron chi connectivity index (χ1n) is 9.00. The largest absolute Gasteiger partial charge is 0.497 e. The normalized spacial score (nSPS) is 10.3. The molecule has 0 spiro atoms. The highest BCUT2D eigenvalue weighted by Gasteiger charge is 2.10. The van der Waals surface area contributed by atoms with Crippen LogP contribution in [0.4, 0.5) is 0 Å². The molecule has 0 saturated carbocycles. The van der Waals surface area contributed by atoms with Gasteiger partial charge in [-0.15, -0.1) is 0 Å². The molecule has 1 heteroatoms. The molecule has 0 heterocycles. The van der Waals surface area contributed by atoms with E-state index in [-0.39, 0.29) is 0 Å². The zero-order valence-corrected chi connectivity index (χ0v) is 15.5. The molecule has 0 aliphatic heterocycles. The lowest BCUT2D eigenvalue weighted by atomic mass is 9.91. The van der Waals surface area contributed by atoms with Crippen LogP contribution in [0.5, 0.6) is 5.75 Å². The molecule has 0 bridgehead atoms. The third-order valence-electron chi connectivity index (χ3n) is 4.76. The highest BCUT2D eigenvalue weighted by Crippen LogP contribution is 2.33. The van der Waals surface area contributed by atoms with Crippen molar-refractivity contribution in [2.24, 2.45) is 0 Å². The smallest absolute Gasteiger partial charge is 0.118 e. The van der Waals surface area contributed by atoms with Gasteiger partial charge in [-0.25, -0.2) is 0 Å². The second kappa shape index (κ2) is 7.40. The highest BCUT2D eigenvalue weighted by atomic mass is 16.5. The van der Waals surface area contributed by atoms with Crippen LogP contribution in [0, 0.1) is 18.8 Å². The minimum atomic E-state index is 0.840. The van der Waals surface area contributed by atoms with E-state index in [9.17, 15) is 0 Å². The van der Waals surface area contributed by atoms with E-state index in [1.807, 2.05) is 24.3 Å². The van der Waals surface area contributed by atoms with Gasteiger partial charge in [0, 0.05) is 16.7 Å². The number of methoxy groups -OCH3 is 1. The number of rotatable bonds is 2. The quantitative estimate of drug-likeness (QED) is 0.391. The Morgan fingerprint density at radius 2 is 1.44 bits per heavy atom. The van der Waals surface area contributed by atoms with E-state index in [4.69, 9.17) is 4.74 Å². The molecule has 4 rings (SSSR count). The molecule has 0 N–H and O–H groups in total. The van der Waals surface area contributed by atoms with Gasteiger partial charge in [-0.3, -0.25) is 0 Å². The van der Waals surface area contributed by atoms with Gasteiger partial charge in [0.2, 0.25) is 0 Å². The maximum atomic E-state index is 5.22. The molecule has 0 atom stereocenters. The number of ether oxygens (including phenoxy) is 1. The van der Waals surface area contributed by atoms with Gasteiger partial charge in [-0.2, -0.15) is 0 Å². The van der Waals surface area contributed by atoms with Gasteiger partial charge in [-0.05, 0) is 59.2 Å². The average Bonchev–Trinajstić information content (AvgIpc) is 2.72. The fourth-order valence-electron chi connectivity index (χ4n) is 3.39. The van der Waals surface area contributed by atoms with Crippen molar-refractivity contribution in [2.45, 2.75) is 6.92 Å². The summed E-state index contributed by atoms with van der Waals surface area (Å²) in [5, 5.41) is 2.49. The van der Waals surface area contributed by atoms with Crippen LogP contribution in [0.2, 0.25) is 0 Å². The summed E-state index contributed by atoms with van der Waals surface area (Å²) in [4.78, 5) is 0. The molecule has 0 unspecified atom stereocenters. The molecular formula is C26H20O. The van der Waals surface area contributed by atoms with Crippen LogP contribution in [0.1, 0.15) is 16.7 Å². The SMILES string of the molecule is COc1ccc(C#Cc2cccc(C)c2-c2cccc3ccccc23)cc1. The maximum absolute atomic E-state index is 5.22. The molecule has 0 fully saturated rings. The first-order chi connectivity index (χ1) is 13.3. The molecule has 130 valence electrons. The van der Waals surface area contributed by atoms with E-state index in [2.05, 4.69) is 79.4 Å². The summed E-state index contributed by atoms with van der Waals surface area (Å²) in [6, 6.07) is 29.1. The standard InChI is InChI=1S/C26H20O/c1-19-7-5-10-22(16-13-20-14-17-23(27-2)18-15-20)26(19)25-12-6-9-21-8-3-4-11-24(21)25/h3-12,14-15,17-18H,1-2H3. The van der Waals surface area contributed by atoms with Crippen molar-refractivity contribution in [1.29, 1.82) is 0 Å². The van der Waals surface area contributed by atoms with Crippen LogP contribution >= 0.6 is 0 Å². The first-order valence-corrected chi connectivity index (χ1v) is 9.00. The summed E-state index contributed by atoms with van der Waals surface area (Å²) in [5.41, 5.74) is 5.68. The monoisotopic (exact) mass is 348 g/mol. The van der Waals surface area contributed by atoms with Crippen molar-refractivity contribution in [1.82, 2.24) is 0 Å². The van der Waals surface area contributed by atoms with Crippen LogP contribution in [0.15, 0.2) is 84.9 Å². The minimum absolute atomic E-state index is 0.840. The Kier molecular flexibility index (Phi) is 4.64. The number of benzene rings is 4. The Balaban J connectivity index is 1.85. The lowest BCUT2D eigenvalue weighted by molar-refractivity contribution is 0.415. The van der Waals surface area contributed by atoms with E-state index in [0.29, 0.717) is 0 Å². The Bertz CT molecular complexity index is 1150. The third kappa shape index (κ3) is 3.43. The first kappa shape index (κ1) is 16.9. The summed E-state index contributed by atoms with van der Waals surface area (Å²) in [7, 11) is 1.67. The van der Waals surface area contributed by atoms with E-state index in [1.165, 1.54) is 27.5 Å². The molecular weight excluding hydrogens is 328 g/mol. The molecule has 27 heavy (non-hydrogen) atoms. The van der Waals surface area contributed by atoms with Gasteiger partial charge < -0.3 is 4.74 Å². The Labute approximate surface area is 160 Å². The fourth-order valence-corrected chi connectivity index (χ4v) is 3.39. The number of aryl methyl sites for hydroxylation is 1. The van der Waals surface area contributed by atoms with Gasteiger partial charge >= 0.3 is 0 Å². The average molecular weight is 348 g/mol. The molecule has 4 aromatic rings. The zero-order valence-electron chi connectivity index (χ0n) is 15.5. The topological polar surface area (TPSA) is 9.23 Å². The molecule has 0 saturated heterocycles. The van der Waals surface area contributed by atoms with Crippen molar-refractivity contribution in [2.75, 3.05) is 7.11 Å². The summed E-state index contributed by atoms with van der Waals surface area (Å²) in [6.07, 6.45) is 0. The van der Waals surface area contributed by atoms with Gasteiger partial charge in [0.25, 0.3) is 0 Å². The van der Waals surface area contributed by atoms with Crippen molar-refractivity contribution in [3.05, 3.63) is 102 Å². The third-order valence-corrected chi connectivity index (χ3v) is 4.76. The van der Waals surface area contributed by atoms with Crippen LogP contribution in [0.25, 0.3) is 21.9 Å². The van der Waals surface area contributed by atoms with E-state index in [1.54, 1.807) is 7.11 Å². The Morgan fingerprint density at radius 3 is 2.26 bits per heavy atom. The minimum Gasteiger partial charge on any atom is -0.497 e. The predicted molar refractivity (Wildman–Crippen MR) is 113 cm³/mol. The van der Waals surface area contributed by atoms with Crippen LogP contribution in [0.3, 0.4) is 0 Å². The molecule has 0 aliphatic carbocycles. The van der Waals surface area contributed by atoms with Gasteiger partial charge in [-0.1, -0.05) is 66.4 Å². The molecule has 0 aliphatic rings. The second-order valence-corrected chi connectivity index (χ2v) is 6.50. The van der Waals surface area contributed by atoms with Crippen LogP contribution in [-0.2, 0) is 0 Å². The molecule has 0 radical (unpaired) electrons. The summed E-state index contributed by atoms with van der Waals surface area (Å²) < 4.78 is 5.22. The van der Waals surface area contributed by atoms with Gasteiger partial charge in [0.05, 0.1) is 7.11 Å². The predicted octanol–water partition coefficient (Wildman–Crippen LogP) is 6.22. The second-order valence-electron chi connectivity index (χ2n) is 6.50. The highest BCUT2D eigenvalue weighted by molar-refractivity contribution is 5.98. The van der Waals surface area contributed by atoms with Crippen LogP contribution < -0.4 is 4.74 Å². The number of hydrogen-bond acceptors (Lipinski definition) is 1.